The van der Waals surface area contributed by atoms with E-state index in [1.54, 1.807) is 0 Å². The summed E-state index contributed by atoms with van der Waals surface area (Å²) in [6.45, 7) is 0. The molecule has 0 saturated heterocycles. The van der Waals surface area contributed by atoms with Crippen LogP contribution in [0.4, 0.5) is 0 Å². The SMILES string of the molecule is O=C(O)CC/C(=N/NC(=O)Cc1ccccc1)c1ccccc1. The van der Waals surface area contributed by atoms with E-state index >= 15 is 0 Å². The van der Waals surface area contributed by atoms with Crippen molar-refractivity contribution in [1.29, 1.82) is 0 Å². The molecule has 2 aromatic rings. The Morgan fingerprint density at radius 1 is 0.913 bits per heavy atom. The van der Waals surface area contributed by atoms with Crippen LogP contribution in [-0.4, -0.2) is 22.7 Å². The van der Waals surface area contributed by atoms with Crippen LogP contribution in [0.3, 0.4) is 0 Å². The summed E-state index contributed by atoms with van der Waals surface area (Å²) in [7, 11) is 0. The second-order valence-corrected chi connectivity index (χ2v) is 5.02. The van der Waals surface area contributed by atoms with Crippen molar-refractivity contribution in [3.8, 4) is 0 Å². The maximum atomic E-state index is 12.0. The summed E-state index contributed by atoms with van der Waals surface area (Å²) in [5, 5.41) is 13.0. The number of carboxylic acid groups (broad SMARTS) is 1. The Labute approximate surface area is 134 Å². The number of amides is 1. The second-order valence-electron chi connectivity index (χ2n) is 5.02. The van der Waals surface area contributed by atoms with Crippen LogP contribution in [0.1, 0.15) is 24.0 Å². The van der Waals surface area contributed by atoms with E-state index in [0.29, 0.717) is 5.71 Å². The van der Waals surface area contributed by atoms with Crippen molar-refractivity contribution in [3.05, 3.63) is 71.8 Å². The number of carbonyl (C=O) groups excluding carboxylic acids is 1. The van der Waals surface area contributed by atoms with Crippen molar-refractivity contribution in [2.45, 2.75) is 19.3 Å². The predicted molar refractivity (Wildman–Crippen MR) is 88.1 cm³/mol. The van der Waals surface area contributed by atoms with Crippen LogP contribution in [0.15, 0.2) is 65.8 Å². The third kappa shape index (κ3) is 5.74. The summed E-state index contributed by atoms with van der Waals surface area (Å²) < 4.78 is 0. The van der Waals surface area contributed by atoms with E-state index in [4.69, 9.17) is 5.11 Å². The van der Waals surface area contributed by atoms with E-state index in [0.717, 1.165) is 11.1 Å². The molecule has 0 spiro atoms. The summed E-state index contributed by atoms with van der Waals surface area (Å²) >= 11 is 0. The van der Waals surface area contributed by atoms with Crippen LogP contribution < -0.4 is 5.43 Å². The van der Waals surface area contributed by atoms with Gasteiger partial charge >= 0.3 is 5.97 Å². The number of benzene rings is 2. The average molecular weight is 310 g/mol. The molecule has 0 saturated carbocycles. The molecule has 0 aromatic heterocycles. The highest BCUT2D eigenvalue weighted by Crippen LogP contribution is 2.07. The first-order valence-electron chi connectivity index (χ1n) is 7.31. The van der Waals surface area contributed by atoms with Crippen LogP contribution in [0.2, 0.25) is 0 Å². The standard InChI is InChI=1S/C18H18N2O3/c21-17(13-14-7-3-1-4-8-14)20-19-16(11-12-18(22)23)15-9-5-2-6-10-15/h1-10H,11-13H2,(H,20,21)(H,22,23)/b19-16-. The minimum Gasteiger partial charge on any atom is -0.481 e. The lowest BCUT2D eigenvalue weighted by Gasteiger charge is -2.06. The number of hydrogen-bond acceptors (Lipinski definition) is 3. The van der Waals surface area contributed by atoms with Gasteiger partial charge in [0.05, 0.1) is 18.6 Å². The molecule has 118 valence electrons. The molecule has 1 amide bonds. The molecular weight excluding hydrogens is 292 g/mol. The molecule has 5 heteroatoms. The zero-order chi connectivity index (χ0) is 16.5. The first kappa shape index (κ1) is 16.4. The Morgan fingerprint density at radius 2 is 1.52 bits per heavy atom. The molecular formula is C18H18N2O3. The lowest BCUT2D eigenvalue weighted by Crippen LogP contribution is -2.22. The van der Waals surface area contributed by atoms with Crippen molar-refractivity contribution in [3.63, 3.8) is 0 Å². The van der Waals surface area contributed by atoms with E-state index in [1.165, 1.54) is 0 Å². The number of hydrazone groups is 1. The lowest BCUT2D eigenvalue weighted by molar-refractivity contribution is -0.136. The van der Waals surface area contributed by atoms with Gasteiger partial charge in [0.25, 0.3) is 0 Å². The van der Waals surface area contributed by atoms with Gasteiger partial charge in [-0.15, -0.1) is 0 Å². The quantitative estimate of drug-likeness (QED) is 0.609. The Balaban J connectivity index is 2.04. The minimum atomic E-state index is -0.899. The van der Waals surface area contributed by atoms with Gasteiger partial charge in [-0.25, -0.2) is 5.43 Å². The Morgan fingerprint density at radius 3 is 2.13 bits per heavy atom. The molecule has 2 aromatic carbocycles. The monoisotopic (exact) mass is 310 g/mol. The van der Waals surface area contributed by atoms with Gasteiger partial charge in [0.15, 0.2) is 0 Å². The van der Waals surface area contributed by atoms with Gasteiger partial charge in [0.1, 0.15) is 0 Å². The number of aliphatic carboxylic acids is 1. The molecule has 0 aliphatic carbocycles. The molecule has 23 heavy (non-hydrogen) atoms. The summed E-state index contributed by atoms with van der Waals surface area (Å²) in [6.07, 6.45) is 0.443. The van der Waals surface area contributed by atoms with Crippen molar-refractivity contribution < 1.29 is 14.7 Å². The zero-order valence-electron chi connectivity index (χ0n) is 12.6. The number of carbonyl (C=O) groups is 2. The third-order valence-electron chi connectivity index (χ3n) is 3.21. The highest BCUT2D eigenvalue weighted by Gasteiger charge is 2.08. The largest absolute Gasteiger partial charge is 0.481 e. The molecule has 0 unspecified atom stereocenters. The van der Waals surface area contributed by atoms with Gasteiger partial charge in [0, 0.05) is 6.42 Å². The number of nitrogens with zero attached hydrogens (tertiary/aromatic N) is 1. The third-order valence-corrected chi connectivity index (χ3v) is 3.21. The highest BCUT2D eigenvalue weighted by atomic mass is 16.4. The van der Waals surface area contributed by atoms with Gasteiger partial charge in [0.2, 0.25) is 5.91 Å². The van der Waals surface area contributed by atoms with Crippen molar-refractivity contribution in [1.82, 2.24) is 5.43 Å². The van der Waals surface area contributed by atoms with Crippen LogP contribution in [0.5, 0.6) is 0 Å². The normalized spacial score (nSPS) is 11.0. The van der Waals surface area contributed by atoms with Crippen molar-refractivity contribution in [2.75, 3.05) is 0 Å². The van der Waals surface area contributed by atoms with Gasteiger partial charge < -0.3 is 5.11 Å². The Hall–Kier alpha value is -2.95. The maximum Gasteiger partial charge on any atom is 0.303 e. The topological polar surface area (TPSA) is 78.8 Å². The molecule has 2 N–H and O–H groups in total. The Bertz CT molecular complexity index is 682. The number of hydrogen-bond donors (Lipinski definition) is 2. The highest BCUT2D eigenvalue weighted by molar-refractivity contribution is 6.02. The molecule has 0 aliphatic rings. The minimum absolute atomic E-state index is 0.0394. The fourth-order valence-corrected chi connectivity index (χ4v) is 2.07. The smallest absolute Gasteiger partial charge is 0.303 e. The van der Waals surface area contributed by atoms with E-state index in [2.05, 4.69) is 10.5 Å². The maximum absolute atomic E-state index is 12.0. The fraction of sp³-hybridized carbons (Fsp3) is 0.167. The van der Waals surface area contributed by atoms with E-state index < -0.39 is 5.97 Å². The molecule has 0 radical (unpaired) electrons. The summed E-state index contributed by atoms with van der Waals surface area (Å²) in [5.41, 5.74) is 4.76. The zero-order valence-corrected chi connectivity index (χ0v) is 12.6. The molecule has 5 nitrogen and oxygen atoms in total. The Kier molecular flexibility index (Phi) is 6.06. The average Bonchev–Trinajstić information content (AvgIpc) is 2.56. The summed E-state index contributed by atoms with van der Waals surface area (Å²) in [6, 6.07) is 18.6. The molecule has 0 heterocycles. The van der Waals surface area contributed by atoms with Crippen LogP contribution in [-0.2, 0) is 16.0 Å². The number of nitrogens with one attached hydrogen (secondary N) is 1. The summed E-state index contributed by atoms with van der Waals surface area (Å²) in [4.78, 5) is 22.7. The van der Waals surface area contributed by atoms with Crippen molar-refractivity contribution in [2.24, 2.45) is 5.10 Å². The van der Waals surface area contributed by atoms with Crippen LogP contribution in [0.25, 0.3) is 0 Å². The van der Waals surface area contributed by atoms with Gasteiger partial charge in [-0.3, -0.25) is 9.59 Å². The van der Waals surface area contributed by atoms with E-state index in [9.17, 15) is 9.59 Å². The second kappa shape index (κ2) is 8.48. The summed E-state index contributed by atoms with van der Waals surface area (Å²) in [5.74, 6) is -1.14. The molecule has 0 bridgehead atoms. The van der Waals surface area contributed by atoms with Gasteiger partial charge in [-0.2, -0.15) is 5.10 Å². The molecule has 2 rings (SSSR count). The van der Waals surface area contributed by atoms with Gasteiger partial charge in [-0.05, 0) is 11.1 Å². The predicted octanol–water partition coefficient (Wildman–Crippen LogP) is 2.61. The lowest BCUT2D eigenvalue weighted by atomic mass is 10.1. The molecule has 0 aliphatic heterocycles. The van der Waals surface area contributed by atoms with Gasteiger partial charge in [-0.1, -0.05) is 60.7 Å². The van der Waals surface area contributed by atoms with E-state index in [1.807, 2.05) is 60.7 Å². The van der Waals surface area contributed by atoms with Crippen molar-refractivity contribution >= 4 is 17.6 Å². The number of carboxylic acids is 1. The first-order chi connectivity index (χ1) is 11.1. The molecule has 0 atom stereocenters. The van der Waals surface area contributed by atoms with Crippen LogP contribution >= 0.6 is 0 Å². The number of rotatable bonds is 7. The first-order valence-corrected chi connectivity index (χ1v) is 7.31. The van der Waals surface area contributed by atoms with E-state index in [-0.39, 0.29) is 25.2 Å². The molecule has 0 fully saturated rings. The van der Waals surface area contributed by atoms with Crippen LogP contribution in [0, 0.1) is 0 Å². The fourth-order valence-electron chi connectivity index (χ4n) is 2.07.